The Morgan fingerprint density at radius 3 is 2.65 bits per heavy atom. The number of carbonyl (C=O) groups is 1. The molecule has 1 aromatic carbocycles. The van der Waals surface area contributed by atoms with E-state index in [1.807, 2.05) is 0 Å². The van der Waals surface area contributed by atoms with Crippen molar-refractivity contribution in [2.45, 2.75) is 4.90 Å². The average Bonchev–Trinajstić information content (AvgIpc) is 2.82. The smallest absolute Gasteiger partial charge is 0.340 e. The second-order valence-electron chi connectivity index (χ2n) is 3.23. The van der Waals surface area contributed by atoms with Crippen molar-refractivity contribution >= 4 is 46.1 Å². The number of nitrogens with two attached hydrogens (primary N) is 1. The van der Waals surface area contributed by atoms with Crippen molar-refractivity contribution in [3.8, 4) is 0 Å². The molecule has 0 atom stereocenters. The summed E-state index contributed by atoms with van der Waals surface area (Å²) in [7, 11) is 1.18. The summed E-state index contributed by atoms with van der Waals surface area (Å²) in [6.07, 6.45) is 1.53. The summed E-state index contributed by atoms with van der Waals surface area (Å²) in [4.78, 5) is 14.9. The van der Waals surface area contributed by atoms with Gasteiger partial charge >= 0.3 is 5.97 Å². The standard InChI is InChI=1S/C8H7FO3S.C3H3ClN2S/c1-12-8(10)6-3-2-5(13-11)4-7(6)9;4-2-1-6-3(5)7-2/h2-4,11H,1H3;1H,(H2,5,6). The fraction of sp³-hybridized carbons (Fsp3) is 0.0909. The number of thiazole rings is 1. The molecule has 0 bridgehead atoms. The lowest BCUT2D eigenvalue weighted by Crippen LogP contribution is -2.03. The van der Waals surface area contributed by atoms with Crippen LogP contribution in [0.2, 0.25) is 4.34 Å². The van der Waals surface area contributed by atoms with E-state index in [4.69, 9.17) is 21.9 Å². The van der Waals surface area contributed by atoms with Gasteiger partial charge in [-0.15, -0.1) is 0 Å². The molecular weight excluding hydrogens is 327 g/mol. The van der Waals surface area contributed by atoms with Crippen molar-refractivity contribution in [2.24, 2.45) is 0 Å². The SMILES string of the molecule is COC(=O)c1ccc(SO)cc1F.Nc1ncc(Cl)s1. The van der Waals surface area contributed by atoms with Gasteiger partial charge in [-0.3, -0.25) is 0 Å². The van der Waals surface area contributed by atoms with Gasteiger partial charge < -0.3 is 15.0 Å². The molecule has 0 radical (unpaired) electrons. The molecule has 2 aromatic rings. The fourth-order valence-electron chi connectivity index (χ4n) is 1.10. The number of nitrogen functional groups attached to an aromatic ring is 1. The molecule has 20 heavy (non-hydrogen) atoms. The summed E-state index contributed by atoms with van der Waals surface area (Å²) in [6, 6.07) is 3.76. The van der Waals surface area contributed by atoms with E-state index in [0.717, 1.165) is 6.07 Å². The number of aromatic nitrogens is 1. The highest BCUT2D eigenvalue weighted by atomic mass is 35.5. The molecule has 0 fully saturated rings. The van der Waals surface area contributed by atoms with Crippen molar-refractivity contribution in [1.82, 2.24) is 4.98 Å². The minimum Gasteiger partial charge on any atom is -0.465 e. The third-order valence-corrected chi connectivity index (χ3v) is 3.36. The Hall–Kier alpha value is -1.35. The number of hydrogen-bond acceptors (Lipinski definition) is 7. The topological polar surface area (TPSA) is 85.4 Å². The van der Waals surface area contributed by atoms with Crippen molar-refractivity contribution in [1.29, 1.82) is 0 Å². The van der Waals surface area contributed by atoms with E-state index < -0.39 is 11.8 Å². The van der Waals surface area contributed by atoms with Crippen LogP contribution in [0.1, 0.15) is 10.4 Å². The van der Waals surface area contributed by atoms with Crippen LogP contribution in [0.3, 0.4) is 0 Å². The Kier molecular flexibility index (Phi) is 6.73. The molecule has 0 aliphatic carbocycles. The van der Waals surface area contributed by atoms with E-state index in [0.29, 0.717) is 26.4 Å². The first-order chi connectivity index (χ1) is 9.47. The number of ether oxygens (including phenoxy) is 1. The first-order valence-corrected chi connectivity index (χ1v) is 7.00. The van der Waals surface area contributed by atoms with Crippen LogP contribution < -0.4 is 5.73 Å². The van der Waals surface area contributed by atoms with Crippen LogP contribution in [0.25, 0.3) is 0 Å². The lowest BCUT2D eigenvalue weighted by atomic mass is 10.2. The molecule has 0 unspecified atom stereocenters. The maximum absolute atomic E-state index is 13.0. The van der Waals surface area contributed by atoms with Crippen LogP contribution in [-0.4, -0.2) is 22.6 Å². The number of anilines is 1. The molecule has 5 nitrogen and oxygen atoms in total. The molecule has 0 saturated carbocycles. The van der Waals surface area contributed by atoms with E-state index in [1.54, 1.807) is 0 Å². The quantitative estimate of drug-likeness (QED) is 0.644. The highest BCUT2D eigenvalue weighted by Gasteiger charge is 2.11. The molecular formula is C11H10ClFN2O3S2. The third kappa shape index (κ3) is 4.97. The minimum absolute atomic E-state index is 0.139. The predicted molar refractivity (Wildman–Crippen MR) is 77.8 cm³/mol. The predicted octanol–water partition coefficient (Wildman–Crippen LogP) is 3.56. The molecule has 0 saturated heterocycles. The zero-order chi connectivity index (χ0) is 15.1. The number of esters is 1. The van der Waals surface area contributed by atoms with Gasteiger partial charge in [0.05, 0.1) is 18.9 Å². The fourth-order valence-corrected chi connectivity index (χ4v) is 2.08. The van der Waals surface area contributed by atoms with Crippen LogP contribution in [0.4, 0.5) is 9.52 Å². The lowest BCUT2D eigenvalue weighted by Gasteiger charge is -2.01. The van der Waals surface area contributed by atoms with E-state index in [2.05, 4.69) is 9.72 Å². The summed E-state index contributed by atoms with van der Waals surface area (Å²) in [5.41, 5.74) is 5.06. The van der Waals surface area contributed by atoms with Gasteiger partial charge in [0.25, 0.3) is 0 Å². The van der Waals surface area contributed by atoms with Crippen molar-refractivity contribution in [3.63, 3.8) is 0 Å². The van der Waals surface area contributed by atoms with Gasteiger partial charge in [-0.05, 0) is 18.2 Å². The van der Waals surface area contributed by atoms with Gasteiger partial charge in [0, 0.05) is 16.9 Å². The van der Waals surface area contributed by atoms with E-state index >= 15 is 0 Å². The third-order valence-electron chi connectivity index (χ3n) is 1.95. The number of benzene rings is 1. The van der Waals surface area contributed by atoms with Crippen LogP contribution in [-0.2, 0) is 4.74 Å². The first kappa shape index (κ1) is 16.7. The van der Waals surface area contributed by atoms with Gasteiger partial charge in [-0.1, -0.05) is 22.9 Å². The normalized spacial score (nSPS) is 9.60. The van der Waals surface area contributed by atoms with Gasteiger partial charge in [-0.25, -0.2) is 14.2 Å². The molecule has 1 heterocycles. The molecule has 1 aromatic heterocycles. The van der Waals surface area contributed by atoms with Crippen molar-refractivity contribution < 1.29 is 18.5 Å². The van der Waals surface area contributed by atoms with Gasteiger partial charge in [-0.2, -0.15) is 0 Å². The summed E-state index contributed by atoms with van der Waals surface area (Å²) in [5, 5.41) is 0.519. The number of halogens is 2. The Balaban J connectivity index is 0.000000240. The molecule has 0 aliphatic heterocycles. The van der Waals surface area contributed by atoms with Crippen molar-refractivity contribution in [2.75, 3.05) is 12.8 Å². The Bertz CT molecular complexity index is 578. The Morgan fingerprint density at radius 1 is 1.60 bits per heavy atom. The zero-order valence-corrected chi connectivity index (χ0v) is 12.6. The zero-order valence-electron chi connectivity index (χ0n) is 10.2. The minimum atomic E-state index is -0.730. The van der Waals surface area contributed by atoms with Gasteiger partial charge in [0.1, 0.15) is 10.2 Å². The van der Waals surface area contributed by atoms with Gasteiger partial charge in [0.15, 0.2) is 5.13 Å². The largest absolute Gasteiger partial charge is 0.465 e. The van der Waals surface area contributed by atoms with Crippen LogP contribution in [0.15, 0.2) is 29.3 Å². The number of rotatable bonds is 2. The lowest BCUT2D eigenvalue weighted by molar-refractivity contribution is 0.0595. The van der Waals surface area contributed by atoms with Crippen LogP contribution in [0, 0.1) is 5.82 Å². The molecule has 2 rings (SSSR count). The number of methoxy groups -OCH3 is 1. The number of nitrogens with zero attached hydrogens (tertiary/aromatic N) is 1. The highest BCUT2D eigenvalue weighted by Crippen LogP contribution is 2.19. The maximum Gasteiger partial charge on any atom is 0.340 e. The second kappa shape index (κ2) is 8.05. The molecule has 0 amide bonds. The number of carbonyl (C=O) groups excluding carboxylic acids is 1. The van der Waals surface area contributed by atoms with Crippen LogP contribution >= 0.6 is 35.0 Å². The molecule has 9 heteroatoms. The van der Waals surface area contributed by atoms with Crippen LogP contribution in [0.5, 0.6) is 0 Å². The van der Waals surface area contributed by atoms with E-state index in [-0.39, 0.29) is 5.56 Å². The highest BCUT2D eigenvalue weighted by molar-refractivity contribution is 7.93. The molecule has 3 N–H and O–H groups in total. The number of hydrogen-bond donors (Lipinski definition) is 2. The summed E-state index contributed by atoms with van der Waals surface area (Å²) >= 11 is 7.13. The first-order valence-electron chi connectivity index (χ1n) is 5.04. The Morgan fingerprint density at radius 2 is 2.30 bits per heavy atom. The second-order valence-corrected chi connectivity index (χ2v) is 5.57. The summed E-state index contributed by atoms with van der Waals surface area (Å²) in [5.74, 6) is -1.43. The molecule has 108 valence electrons. The average molecular weight is 337 g/mol. The van der Waals surface area contributed by atoms with E-state index in [9.17, 15) is 9.18 Å². The summed E-state index contributed by atoms with van der Waals surface area (Å²) in [6.45, 7) is 0. The monoisotopic (exact) mass is 336 g/mol. The molecule has 0 spiro atoms. The molecule has 0 aliphatic rings. The summed E-state index contributed by atoms with van der Waals surface area (Å²) < 4.78 is 26.6. The van der Waals surface area contributed by atoms with Crippen molar-refractivity contribution in [3.05, 3.63) is 40.1 Å². The van der Waals surface area contributed by atoms with E-state index in [1.165, 1.54) is 36.8 Å². The van der Waals surface area contributed by atoms with Gasteiger partial charge in [0.2, 0.25) is 0 Å². The Labute approximate surface area is 127 Å². The maximum atomic E-state index is 13.0.